The molecule has 0 bridgehead atoms. The van der Waals surface area contributed by atoms with E-state index in [0.29, 0.717) is 17.8 Å². The highest BCUT2D eigenvalue weighted by molar-refractivity contribution is 5.49. The van der Waals surface area contributed by atoms with Crippen molar-refractivity contribution < 1.29 is 9.50 Å². The number of nitrogens with one attached hydrogen (secondary N) is 1. The van der Waals surface area contributed by atoms with E-state index in [4.69, 9.17) is 10.4 Å². The van der Waals surface area contributed by atoms with Crippen LogP contribution < -0.4 is 5.32 Å². The highest BCUT2D eigenvalue weighted by Gasteiger charge is 2.17. The number of nitriles is 1. The van der Waals surface area contributed by atoms with Gasteiger partial charge in [0.1, 0.15) is 5.82 Å². The van der Waals surface area contributed by atoms with Gasteiger partial charge in [0.15, 0.2) is 0 Å². The zero-order chi connectivity index (χ0) is 13.6. The maximum atomic E-state index is 13.2. The Kier molecular flexibility index (Phi) is 5.11. The average Bonchev–Trinajstić information content (AvgIpc) is 2.33. The normalized spacial score (nSPS) is 11.1. The van der Waals surface area contributed by atoms with Gasteiger partial charge in [0, 0.05) is 18.8 Å². The fourth-order valence-corrected chi connectivity index (χ4v) is 1.74. The molecule has 98 valence electrons. The first kappa shape index (κ1) is 14.5. The van der Waals surface area contributed by atoms with E-state index in [1.807, 2.05) is 6.07 Å². The van der Waals surface area contributed by atoms with Gasteiger partial charge in [-0.05, 0) is 36.5 Å². The molecule has 0 aliphatic carbocycles. The smallest absolute Gasteiger partial charge is 0.126 e. The van der Waals surface area contributed by atoms with E-state index < -0.39 is 5.82 Å². The average molecular weight is 250 g/mol. The number of aliphatic hydroxyl groups excluding tert-OH is 1. The standard InChI is InChI=1S/C14H19FN2O/c1-14(2,4-3-5-18)10-17-13-7-11(9-16)6-12(15)8-13/h6-8,17-18H,3-5,10H2,1-2H3. The Hall–Kier alpha value is -1.60. The molecule has 0 radical (unpaired) electrons. The van der Waals surface area contributed by atoms with E-state index in [1.165, 1.54) is 12.1 Å². The molecule has 0 aromatic heterocycles. The van der Waals surface area contributed by atoms with E-state index in [1.54, 1.807) is 6.07 Å². The maximum Gasteiger partial charge on any atom is 0.126 e. The molecule has 4 heteroatoms. The first-order valence-electron chi connectivity index (χ1n) is 6.02. The summed E-state index contributed by atoms with van der Waals surface area (Å²) in [5.41, 5.74) is 0.941. The van der Waals surface area contributed by atoms with Crippen molar-refractivity contribution in [3.05, 3.63) is 29.6 Å². The minimum Gasteiger partial charge on any atom is -0.396 e. The van der Waals surface area contributed by atoms with Crippen LogP contribution in [0.1, 0.15) is 32.3 Å². The van der Waals surface area contributed by atoms with Crippen molar-refractivity contribution >= 4 is 5.69 Å². The second kappa shape index (κ2) is 6.36. The first-order valence-corrected chi connectivity index (χ1v) is 6.02. The predicted octanol–water partition coefficient (Wildman–Crippen LogP) is 2.91. The van der Waals surface area contributed by atoms with E-state index in [9.17, 15) is 4.39 Å². The summed E-state index contributed by atoms with van der Waals surface area (Å²) in [6, 6.07) is 6.15. The summed E-state index contributed by atoms with van der Waals surface area (Å²) in [4.78, 5) is 0. The van der Waals surface area contributed by atoms with E-state index >= 15 is 0 Å². The number of nitrogens with zero attached hydrogens (tertiary/aromatic N) is 1. The molecule has 0 heterocycles. The monoisotopic (exact) mass is 250 g/mol. The molecule has 0 aliphatic heterocycles. The van der Waals surface area contributed by atoms with Crippen LogP contribution in [0.3, 0.4) is 0 Å². The molecule has 1 rings (SSSR count). The number of aliphatic hydroxyl groups is 1. The van der Waals surface area contributed by atoms with Gasteiger partial charge < -0.3 is 10.4 Å². The number of halogens is 1. The summed E-state index contributed by atoms with van der Waals surface area (Å²) >= 11 is 0. The lowest BCUT2D eigenvalue weighted by atomic mass is 9.88. The van der Waals surface area contributed by atoms with Gasteiger partial charge in [-0.25, -0.2) is 4.39 Å². The van der Waals surface area contributed by atoms with Gasteiger partial charge in [0.25, 0.3) is 0 Å². The van der Waals surface area contributed by atoms with Crippen LogP contribution in [0.5, 0.6) is 0 Å². The number of benzene rings is 1. The van der Waals surface area contributed by atoms with Crippen LogP contribution in [-0.4, -0.2) is 18.3 Å². The van der Waals surface area contributed by atoms with Crippen LogP contribution in [0.4, 0.5) is 10.1 Å². The van der Waals surface area contributed by atoms with Gasteiger partial charge in [-0.3, -0.25) is 0 Å². The van der Waals surface area contributed by atoms with Crippen LogP contribution in [0, 0.1) is 22.6 Å². The Balaban J connectivity index is 2.63. The zero-order valence-electron chi connectivity index (χ0n) is 10.8. The summed E-state index contributed by atoms with van der Waals surface area (Å²) in [7, 11) is 0. The van der Waals surface area contributed by atoms with Crippen molar-refractivity contribution in [2.75, 3.05) is 18.5 Å². The number of hydrogen-bond acceptors (Lipinski definition) is 3. The summed E-state index contributed by atoms with van der Waals surface area (Å²) in [6.45, 7) is 5.02. The van der Waals surface area contributed by atoms with Gasteiger partial charge in [-0.1, -0.05) is 13.8 Å². The third-order valence-corrected chi connectivity index (χ3v) is 2.81. The van der Waals surface area contributed by atoms with Crippen molar-refractivity contribution in [3.8, 4) is 6.07 Å². The first-order chi connectivity index (χ1) is 8.46. The summed E-state index contributed by atoms with van der Waals surface area (Å²) in [6.07, 6.45) is 1.64. The molecule has 0 atom stereocenters. The lowest BCUT2D eigenvalue weighted by Gasteiger charge is -2.25. The van der Waals surface area contributed by atoms with E-state index in [-0.39, 0.29) is 12.0 Å². The molecule has 1 aromatic rings. The zero-order valence-corrected chi connectivity index (χ0v) is 10.8. The molecule has 2 N–H and O–H groups in total. The van der Waals surface area contributed by atoms with Crippen molar-refractivity contribution in [1.29, 1.82) is 5.26 Å². The summed E-state index contributed by atoms with van der Waals surface area (Å²) < 4.78 is 13.2. The van der Waals surface area contributed by atoms with Crippen LogP contribution >= 0.6 is 0 Å². The van der Waals surface area contributed by atoms with Crippen LogP contribution in [0.25, 0.3) is 0 Å². The minimum atomic E-state index is -0.412. The highest BCUT2D eigenvalue weighted by atomic mass is 19.1. The fourth-order valence-electron chi connectivity index (χ4n) is 1.74. The van der Waals surface area contributed by atoms with E-state index in [0.717, 1.165) is 12.8 Å². The lowest BCUT2D eigenvalue weighted by molar-refractivity contribution is 0.248. The molecule has 18 heavy (non-hydrogen) atoms. The predicted molar refractivity (Wildman–Crippen MR) is 69.7 cm³/mol. The van der Waals surface area contributed by atoms with Gasteiger partial charge in [0.05, 0.1) is 11.6 Å². The number of hydrogen-bond donors (Lipinski definition) is 2. The molecule has 0 spiro atoms. The van der Waals surface area contributed by atoms with E-state index in [2.05, 4.69) is 19.2 Å². The van der Waals surface area contributed by atoms with Crippen molar-refractivity contribution in [2.24, 2.45) is 5.41 Å². The Labute approximate surface area is 107 Å². The Morgan fingerprint density at radius 2 is 2.11 bits per heavy atom. The molecule has 3 nitrogen and oxygen atoms in total. The molecular formula is C14H19FN2O. The molecule has 0 unspecified atom stereocenters. The molecule has 0 amide bonds. The quantitative estimate of drug-likeness (QED) is 0.816. The fraction of sp³-hybridized carbons (Fsp3) is 0.500. The van der Waals surface area contributed by atoms with Gasteiger partial charge in [0.2, 0.25) is 0 Å². The Morgan fingerprint density at radius 3 is 2.72 bits per heavy atom. The van der Waals surface area contributed by atoms with Gasteiger partial charge in [-0.15, -0.1) is 0 Å². The van der Waals surface area contributed by atoms with Crippen LogP contribution in [0.15, 0.2) is 18.2 Å². The molecule has 0 saturated heterocycles. The molecule has 0 saturated carbocycles. The molecule has 0 aliphatic rings. The van der Waals surface area contributed by atoms with Crippen molar-refractivity contribution in [1.82, 2.24) is 0 Å². The van der Waals surface area contributed by atoms with Gasteiger partial charge in [-0.2, -0.15) is 5.26 Å². The van der Waals surface area contributed by atoms with Gasteiger partial charge >= 0.3 is 0 Å². The number of anilines is 1. The second-order valence-electron chi connectivity index (χ2n) is 5.19. The third-order valence-electron chi connectivity index (χ3n) is 2.81. The minimum absolute atomic E-state index is 0.0157. The SMILES string of the molecule is CC(C)(CCCO)CNc1cc(F)cc(C#N)c1. The third kappa shape index (κ3) is 4.72. The largest absolute Gasteiger partial charge is 0.396 e. The number of rotatable bonds is 6. The second-order valence-corrected chi connectivity index (χ2v) is 5.19. The summed E-state index contributed by atoms with van der Waals surface area (Å²) in [5, 5.41) is 20.7. The van der Waals surface area contributed by atoms with Crippen molar-refractivity contribution in [3.63, 3.8) is 0 Å². The highest BCUT2D eigenvalue weighted by Crippen LogP contribution is 2.23. The lowest BCUT2D eigenvalue weighted by Crippen LogP contribution is -2.23. The molecular weight excluding hydrogens is 231 g/mol. The molecule has 0 fully saturated rings. The molecule has 1 aromatic carbocycles. The van der Waals surface area contributed by atoms with Crippen molar-refractivity contribution in [2.45, 2.75) is 26.7 Å². The maximum absolute atomic E-state index is 13.2. The Morgan fingerprint density at radius 1 is 1.39 bits per heavy atom. The van der Waals surface area contributed by atoms with Crippen LogP contribution in [-0.2, 0) is 0 Å². The summed E-state index contributed by atoms with van der Waals surface area (Å²) in [5.74, 6) is -0.412. The Bertz CT molecular complexity index is 438. The topological polar surface area (TPSA) is 56.0 Å². The van der Waals surface area contributed by atoms with Crippen LogP contribution in [0.2, 0.25) is 0 Å².